The van der Waals surface area contributed by atoms with E-state index in [0.29, 0.717) is 24.6 Å². The van der Waals surface area contributed by atoms with Crippen LogP contribution < -0.4 is 5.73 Å². The lowest BCUT2D eigenvalue weighted by Crippen LogP contribution is -2.04. The fourth-order valence-electron chi connectivity index (χ4n) is 2.26. The van der Waals surface area contributed by atoms with E-state index in [4.69, 9.17) is 10.5 Å². The molecule has 4 nitrogen and oxygen atoms in total. The second-order valence-electron chi connectivity index (χ2n) is 4.57. The van der Waals surface area contributed by atoms with Crippen molar-refractivity contribution in [1.29, 1.82) is 0 Å². The Morgan fingerprint density at radius 3 is 2.89 bits per heavy atom. The predicted octanol–water partition coefficient (Wildman–Crippen LogP) is 2.24. The number of hydrogen-bond donors (Lipinski definition) is 1. The molecule has 2 N–H and O–H groups in total. The van der Waals surface area contributed by atoms with E-state index in [1.807, 2.05) is 0 Å². The molecule has 0 spiro atoms. The molecule has 19 heavy (non-hydrogen) atoms. The van der Waals surface area contributed by atoms with Crippen LogP contribution in [0.2, 0.25) is 0 Å². The molecule has 0 aliphatic carbocycles. The average molecular weight is 265 g/mol. The monoisotopic (exact) mass is 265 g/mol. The maximum Gasteiger partial charge on any atom is 0.151 e. The molecule has 1 aromatic carbocycles. The van der Waals surface area contributed by atoms with Gasteiger partial charge in [-0.3, -0.25) is 0 Å². The van der Waals surface area contributed by atoms with E-state index in [-0.39, 0.29) is 11.6 Å². The summed E-state index contributed by atoms with van der Waals surface area (Å²) in [5.74, 6) is -1.15. The lowest BCUT2D eigenvalue weighted by molar-refractivity contribution is 0.193. The SMILES string of the molecule is Nc1cn(-c2ccc(F)cc2F)nc1C1CCOC1. The van der Waals surface area contributed by atoms with Gasteiger partial charge in [-0.15, -0.1) is 0 Å². The largest absolute Gasteiger partial charge is 0.396 e. The Bertz CT molecular complexity index is 606. The molecule has 0 amide bonds. The van der Waals surface area contributed by atoms with Crippen molar-refractivity contribution in [2.24, 2.45) is 0 Å². The van der Waals surface area contributed by atoms with Crippen molar-refractivity contribution in [1.82, 2.24) is 9.78 Å². The quantitative estimate of drug-likeness (QED) is 0.906. The van der Waals surface area contributed by atoms with Gasteiger partial charge < -0.3 is 10.5 Å². The van der Waals surface area contributed by atoms with Gasteiger partial charge in [-0.05, 0) is 18.6 Å². The first-order valence-corrected chi connectivity index (χ1v) is 6.03. The van der Waals surface area contributed by atoms with Crippen molar-refractivity contribution in [3.63, 3.8) is 0 Å². The van der Waals surface area contributed by atoms with Gasteiger partial charge >= 0.3 is 0 Å². The number of ether oxygens (including phenoxy) is 1. The highest BCUT2D eigenvalue weighted by atomic mass is 19.1. The summed E-state index contributed by atoms with van der Waals surface area (Å²) < 4.78 is 33.2. The van der Waals surface area contributed by atoms with Crippen LogP contribution in [0.15, 0.2) is 24.4 Å². The molecule has 1 aliphatic rings. The number of aromatic nitrogens is 2. The zero-order valence-corrected chi connectivity index (χ0v) is 10.1. The Kier molecular flexibility index (Phi) is 2.94. The molecule has 100 valence electrons. The van der Waals surface area contributed by atoms with Gasteiger partial charge in [0.1, 0.15) is 11.5 Å². The Balaban J connectivity index is 1.99. The average Bonchev–Trinajstić information content (AvgIpc) is 2.98. The zero-order valence-electron chi connectivity index (χ0n) is 10.1. The molecular weight excluding hydrogens is 252 g/mol. The first-order valence-electron chi connectivity index (χ1n) is 6.03. The summed E-state index contributed by atoms with van der Waals surface area (Å²) in [5, 5.41) is 4.30. The molecule has 1 aromatic heterocycles. The number of halogens is 2. The molecule has 6 heteroatoms. The Morgan fingerprint density at radius 1 is 1.37 bits per heavy atom. The summed E-state index contributed by atoms with van der Waals surface area (Å²) in [6, 6.07) is 3.35. The van der Waals surface area contributed by atoms with Crippen molar-refractivity contribution in [3.8, 4) is 5.69 Å². The predicted molar refractivity (Wildman–Crippen MR) is 66.1 cm³/mol. The van der Waals surface area contributed by atoms with Crippen molar-refractivity contribution in [2.45, 2.75) is 12.3 Å². The first-order chi connectivity index (χ1) is 9.15. The maximum atomic E-state index is 13.7. The van der Waals surface area contributed by atoms with Gasteiger partial charge in [-0.25, -0.2) is 13.5 Å². The molecule has 1 unspecified atom stereocenters. The summed E-state index contributed by atoms with van der Waals surface area (Å²) in [6.07, 6.45) is 2.40. The molecule has 0 saturated carbocycles. The number of hydrogen-bond acceptors (Lipinski definition) is 3. The molecule has 0 bridgehead atoms. The van der Waals surface area contributed by atoms with E-state index in [0.717, 1.165) is 12.5 Å². The number of rotatable bonds is 2. The minimum Gasteiger partial charge on any atom is -0.396 e. The highest BCUT2D eigenvalue weighted by molar-refractivity contribution is 5.46. The molecule has 0 radical (unpaired) electrons. The van der Waals surface area contributed by atoms with Crippen LogP contribution in [-0.4, -0.2) is 23.0 Å². The van der Waals surface area contributed by atoms with Crippen LogP contribution in [0.5, 0.6) is 0 Å². The third-order valence-corrected chi connectivity index (χ3v) is 3.25. The molecule has 1 fully saturated rings. The molecule has 2 aromatic rings. The summed E-state index contributed by atoms with van der Waals surface area (Å²) in [7, 11) is 0. The van der Waals surface area contributed by atoms with Gasteiger partial charge in [0, 0.05) is 18.6 Å². The van der Waals surface area contributed by atoms with Crippen LogP contribution in [-0.2, 0) is 4.74 Å². The number of nitrogens with zero attached hydrogens (tertiary/aromatic N) is 2. The molecule has 1 aliphatic heterocycles. The summed E-state index contributed by atoms with van der Waals surface area (Å²) in [6.45, 7) is 1.26. The number of nitrogens with two attached hydrogens (primary N) is 1. The van der Waals surface area contributed by atoms with Crippen molar-refractivity contribution in [2.75, 3.05) is 18.9 Å². The summed E-state index contributed by atoms with van der Waals surface area (Å²) in [4.78, 5) is 0. The fourth-order valence-corrected chi connectivity index (χ4v) is 2.26. The van der Waals surface area contributed by atoms with E-state index in [1.54, 1.807) is 6.20 Å². The Labute approximate surface area is 108 Å². The Morgan fingerprint density at radius 2 is 2.21 bits per heavy atom. The highest BCUT2D eigenvalue weighted by Gasteiger charge is 2.23. The second kappa shape index (κ2) is 4.62. The van der Waals surface area contributed by atoms with Crippen molar-refractivity contribution in [3.05, 3.63) is 41.7 Å². The molecule has 1 atom stereocenters. The van der Waals surface area contributed by atoms with Crippen LogP contribution in [0.3, 0.4) is 0 Å². The van der Waals surface area contributed by atoms with E-state index in [2.05, 4.69) is 5.10 Å². The second-order valence-corrected chi connectivity index (χ2v) is 4.57. The standard InChI is InChI=1S/C13H13F2N3O/c14-9-1-2-12(10(15)5-9)18-6-11(16)13(17-18)8-3-4-19-7-8/h1-2,5-6,8H,3-4,7,16H2. The minimum atomic E-state index is -0.670. The van der Waals surface area contributed by atoms with Crippen LogP contribution in [0.25, 0.3) is 5.69 Å². The minimum absolute atomic E-state index is 0.143. The number of nitrogen functional groups attached to an aromatic ring is 1. The van der Waals surface area contributed by atoms with Gasteiger partial charge in [-0.1, -0.05) is 0 Å². The van der Waals surface area contributed by atoms with Crippen molar-refractivity contribution < 1.29 is 13.5 Å². The Hall–Kier alpha value is -1.95. The lowest BCUT2D eigenvalue weighted by atomic mass is 10.0. The summed E-state index contributed by atoms with van der Waals surface area (Å²) in [5.41, 5.74) is 7.29. The summed E-state index contributed by atoms with van der Waals surface area (Å²) >= 11 is 0. The molecular formula is C13H13F2N3O. The van der Waals surface area contributed by atoms with E-state index < -0.39 is 11.6 Å². The van der Waals surface area contributed by atoms with E-state index in [9.17, 15) is 8.78 Å². The normalized spacial score (nSPS) is 18.9. The lowest BCUT2D eigenvalue weighted by Gasteiger charge is -2.05. The number of anilines is 1. The molecule has 3 rings (SSSR count). The maximum absolute atomic E-state index is 13.7. The molecule has 2 heterocycles. The van der Waals surface area contributed by atoms with Gasteiger partial charge in [0.15, 0.2) is 5.82 Å². The third kappa shape index (κ3) is 2.19. The fraction of sp³-hybridized carbons (Fsp3) is 0.308. The number of benzene rings is 1. The van der Waals surface area contributed by atoms with Crippen LogP contribution in [0, 0.1) is 11.6 Å². The zero-order chi connectivity index (χ0) is 13.4. The van der Waals surface area contributed by atoms with Gasteiger partial charge in [0.05, 0.1) is 24.2 Å². The third-order valence-electron chi connectivity index (χ3n) is 3.25. The van der Waals surface area contributed by atoms with Gasteiger partial charge in [0.2, 0.25) is 0 Å². The van der Waals surface area contributed by atoms with Gasteiger partial charge in [0.25, 0.3) is 0 Å². The first kappa shape index (κ1) is 12.1. The van der Waals surface area contributed by atoms with E-state index in [1.165, 1.54) is 16.8 Å². The van der Waals surface area contributed by atoms with Crippen molar-refractivity contribution >= 4 is 5.69 Å². The highest BCUT2D eigenvalue weighted by Crippen LogP contribution is 2.29. The molecule has 1 saturated heterocycles. The van der Waals surface area contributed by atoms with E-state index >= 15 is 0 Å². The van der Waals surface area contributed by atoms with Crippen LogP contribution >= 0.6 is 0 Å². The topological polar surface area (TPSA) is 53.1 Å². The van der Waals surface area contributed by atoms with Gasteiger partial charge in [-0.2, -0.15) is 5.10 Å². The van der Waals surface area contributed by atoms with Crippen LogP contribution in [0.4, 0.5) is 14.5 Å². The van der Waals surface area contributed by atoms with Crippen LogP contribution in [0.1, 0.15) is 18.0 Å². The smallest absolute Gasteiger partial charge is 0.151 e.